The van der Waals surface area contributed by atoms with Gasteiger partial charge in [0.1, 0.15) is 0 Å². The molecule has 156 valence electrons. The fourth-order valence-corrected chi connectivity index (χ4v) is 4.04. The number of anilines is 2. The number of aromatic nitrogens is 3. The van der Waals surface area contributed by atoms with Crippen molar-refractivity contribution in [1.82, 2.24) is 14.8 Å². The third-order valence-electron chi connectivity index (χ3n) is 4.76. The molecule has 0 saturated carbocycles. The van der Waals surface area contributed by atoms with E-state index < -0.39 is 17.6 Å². The SMILES string of the molecule is Cn1nc(C(=O)Nc2ccccc2C(F)(F)F)cc1C1=CCCN(c2nccs2)C1. The summed E-state index contributed by atoms with van der Waals surface area (Å²) in [5.41, 5.74) is 0.584. The Labute approximate surface area is 174 Å². The summed E-state index contributed by atoms with van der Waals surface area (Å²) in [6, 6.07) is 6.47. The van der Waals surface area contributed by atoms with E-state index in [9.17, 15) is 18.0 Å². The summed E-state index contributed by atoms with van der Waals surface area (Å²) in [7, 11) is 1.71. The molecular weight excluding hydrogens is 415 g/mol. The van der Waals surface area contributed by atoms with E-state index >= 15 is 0 Å². The maximum Gasteiger partial charge on any atom is 0.418 e. The second-order valence-corrected chi connectivity index (χ2v) is 7.66. The summed E-state index contributed by atoms with van der Waals surface area (Å²) in [6.07, 6.45) is 0.0942. The van der Waals surface area contributed by atoms with Crippen molar-refractivity contribution < 1.29 is 18.0 Å². The van der Waals surface area contributed by atoms with Gasteiger partial charge in [0.2, 0.25) is 0 Å². The average Bonchev–Trinajstić information content (AvgIpc) is 3.38. The summed E-state index contributed by atoms with van der Waals surface area (Å²) in [5.74, 6) is -0.693. The van der Waals surface area contributed by atoms with Crippen LogP contribution < -0.4 is 10.2 Å². The number of halogens is 3. The summed E-state index contributed by atoms with van der Waals surface area (Å²) >= 11 is 1.55. The van der Waals surface area contributed by atoms with E-state index in [2.05, 4.69) is 26.4 Å². The number of carbonyl (C=O) groups is 1. The van der Waals surface area contributed by atoms with E-state index in [1.165, 1.54) is 18.2 Å². The molecule has 2 aromatic heterocycles. The first kappa shape index (κ1) is 20.1. The first-order valence-corrected chi connectivity index (χ1v) is 10.1. The minimum absolute atomic E-state index is 0.0525. The molecule has 1 aliphatic rings. The fraction of sp³-hybridized carbons (Fsp3) is 0.250. The molecule has 1 aliphatic heterocycles. The van der Waals surface area contributed by atoms with Gasteiger partial charge in [-0.05, 0) is 30.2 Å². The van der Waals surface area contributed by atoms with Crippen LogP contribution in [0.4, 0.5) is 24.0 Å². The lowest BCUT2D eigenvalue weighted by atomic mass is 10.1. The van der Waals surface area contributed by atoms with Crippen molar-refractivity contribution in [2.75, 3.05) is 23.3 Å². The molecule has 0 fully saturated rings. The lowest BCUT2D eigenvalue weighted by Crippen LogP contribution is -2.29. The van der Waals surface area contributed by atoms with Gasteiger partial charge < -0.3 is 10.2 Å². The molecule has 0 radical (unpaired) electrons. The molecule has 0 spiro atoms. The van der Waals surface area contributed by atoms with E-state index in [1.807, 2.05) is 5.38 Å². The first-order valence-electron chi connectivity index (χ1n) is 9.18. The number of thiazole rings is 1. The zero-order chi connectivity index (χ0) is 21.3. The number of aryl methyl sites for hydroxylation is 1. The Morgan fingerprint density at radius 1 is 1.27 bits per heavy atom. The van der Waals surface area contributed by atoms with Crippen LogP contribution in [0.25, 0.3) is 5.57 Å². The van der Waals surface area contributed by atoms with Crippen LogP contribution >= 0.6 is 11.3 Å². The number of nitrogens with one attached hydrogen (secondary N) is 1. The second-order valence-electron chi connectivity index (χ2n) is 6.79. The highest BCUT2D eigenvalue weighted by atomic mass is 32.1. The lowest BCUT2D eigenvalue weighted by molar-refractivity contribution is -0.136. The average molecular weight is 433 g/mol. The number of para-hydroxylation sites is 1. The summed E-state index contributed by atoms with van der Waals surface area (Å²) in [6.45, 7) is 1.46. The molecule has 4 rings (SSSR count). The maximum absolute atomic E-state index is 13.2. The number of hydrogen-bond acceptors (Lipinski definition) is 5. The number of carbonyl (C=O) groups excluding carboxylic acids is 1. The van der Waals surface area contributed by atoms with Crippen molar-refractivity contribution in [3.8, 4) is 0 Å². The fourth-order valence-electron chi connectivity index (χ4n) is 3.37. The van der Waals surface area contributed by atoms with Crippen LogP contribution in [0.5, 0.6) is 0 Å². The molecule has 1 N–H and O–H groups in total. The quantitative estimate of drug-likeness (QED) is 0.661. The third-order valence-corrected chi connectivity index (χ3v) is 5.60. The van der Waals surface area contributed by atoms with Crippen molar-refractivity contribution in [2.45, 2.75) is 12.6 Å². The number of amides is 1. The van der Waals surface area contributed by atoms with Crippen LogP contribution in [0.1, 0.15) is 28.2 Å². The molecule has 0 bridgehead atoms. The van der Waals surface area contributed by atoms with Gasteiger partial charge in [0.25, 0.3) is 5.91 Å². The first-order chi connectivity index (χ1) is 14.3. The molecule has 0 atom stereocenters. The Kier molecular flexibility index (Phi) is 5.33. The maximum atomic E-state index is 13.2. The third kappa shape index (κ3) is 4.09. The Balaban J connectivity index is 1.55. The molecule has 3 heterocycles. The molecule has 0 unspecified atom stereocenters. The lowest BCUT2D eigenvalue weighted by Gasteiger charge is -2.26. The topological polar surface area (TPSA) is 63.1 Å². The van der Waals surface area contributed by atoms with Gasteiger partial charge in [-0.2, -0.15) is 18.3 Å². The van der Waals surface area contributed by atoms with Gasteiger partial charge in [-0.15, -0.1) is 11.3 Å². The predicted octanol–water partition coefficient (Wildman–Crippen LogP) is 4.44. The van der Waals surface area contributed by atoms with Gasteiger partial charge in [0, 0.05) is 31.7 Å². The van der Waals surface area contributed by atoms with Crippen LogP contribution in [-0.4, -0.2) is 33.8 Å². The predicted molar refractivity (Wildman–Crippen MR) is 110 cm³/mol. The molecule has 30 heavy (non-hydrogen) atoms. The second kappa shape index (κ2) is 7.94. The molecule has 0 aliphatic carbocycles. The molecule has 3 aromatic rings. The van der Waals surface area contributed by atoms with Crippen LogP contribution in [-0.2, 0) is 13.2 Å². The Hall–Kier alpha value is -3.14. The van der Waals surface area contributed by atoms with E-state index in [-0.39, 0.29) is 11.4 Å². The summed E-state index contributed by atoms with van der Waals surface area (Å²) in [4.78, 5) is 19.1. The van der Waals surface area contributed by atoms with Crippen molar-refractivity contribution in [3.05, 3.63) is 64.9 Å². The minimum atomic E-state index is -4.56. The molecule has 6 nitrogen and oxygen atoms in total. The van der Waals surface area contributed by atoms with E-state index in [0.29, 0.717) is 6.54 Å². The molecular formula is C20H18F3N5OS. The number of nitrogens with zero attached hydrogens (tertiary/aromatic N) is 4. The highest BCUT2D eigenvalue weighted by Gasteiger charge is 2.33. The number of benzene rings is 1. The summed E-state index contributed by atoms with van der Waals surface area (Å²) < 4.78 is 41.1. The highest BCUT2D eigenvalue weighted by Crippen LogP contribution is 2.35. The standard InChI is InChI=1S/C20H18F3N5OS/c1-27-17(13-5-4-9-28(12-13)19-24-8-10-30-19)11-16(26-27)18(29)25-15-7-3-2-6-14(15)20(21,22)23/h2-3,5-8,10-11H,4,9,12H2,1H3,(H,25,29). The largest absolute Gasteiger partial charge is 0.418 e. The Morgan fingerprint density at radius 2 is 2.07 bits per heavy atom. The van der Waals surface area contributed by atoms with Crippen molar-refractivity contribution in [2.24, 2.45) is 7.05 Å². The number of alkyl halides is 3. The van der Waals surface area contributed by atoms with Gasteiger partial charge in [-0.25, -0.2) is 4.98 Å². The Morgan fingerprint density at radius 3 is 2.80 bits per heavy atom. The number of hydrogen-bond donors (Lipinski definition) is 1. The minimum Gasteiger partial charge on any atom is -0.343 e. The number of rotatable bonds is 4. The van der Waals surface area contributed by atoms with Gasteiger partial charge in [-0.1, -0.05) is 18.2 Å². The van der Waals surface area contributed by atoms with Crippen LogP contribution in [0.15, 0.2) is 48.0 Å². The normalized spacial score (nSPS) is 14.5. The van der Waals surface area contributed by atoms with Gasteiger partial charge in [-0.3, -0.25) is 9.48 Å². The van der Waals surface area contributed by atoms with Crippen LogP contribution in [0.3, 0.4) is 0 Å². The van der Waals surface area contributed by atoms with Gasteiger partial charge in [0.15, 0.2) is 10.8 Å². The monoisotopic (exact) mass is 433 g/mol. The zero-order valence-corrected chi connectivity index (χ0v) is 16.8. The van der Waals surface area contributed by atoms with Crippen molar-refractivity contribution >= 4 is 33.6 Å². The van der Waals surface area contributed by atoms with Crippen molar-refractivity contribution in [3.63, 3.8) is 0 Å². The Bertz CT molecular complexity index is 1090. The molecule has 1 amide bonds. The smallest absolute Gasteiger partial charge is 0.343 e. The molecule has 1 aromatic carbocycles. The van der Waals surface area contributed by atoms with Crippen LogP contribution in [0.2, 0.25) is 0 Å². The molecule has 10 heteroatoms. The van der Waals surface area contributed by atoms with E-state index in [4.69, 9.17) is 0 Å². The van der Waals surface area contributed by atoms with Gasteiger partial charge >= 0.3 is 6.18 Å². The highest BCUT2D eigenvalue weighted by molar-refractivity contribution is 7.13. The van der Waals surface area contributed by atoms with E-state index in [1.54, 1.807) is 35.3 Å². The summed E-state index contributed by atoms with van der Waals surface area (Å²) in [5, 5.41) is 9.38. The molecule has 0 saturated heterocycles. The van der Waals surface area contributed by atoms with Gasteiger partial charge in [0.05, 0.1) is 16.9 Å². The van der Waals surface area contributed by atoms with Crippen LogP contribution in [0, 0.1) is 0 Å². The van der Waals surface area contributed by atoms with E-state index in [0.717, 1.165) is 35.4 Å². The zero-order valence-electron chi connectivity index (χ0n) is 16.0. The van der Waals surface area contributed by atoms with Crippen molar-refractivity contribution in [1.29, 1.82) is 0 Å².